The first-order valence-corrected chi connectivity index (χ1v) is 6.96. The van der Waals surface area contributed by atoms with Crippen molar-refractivity contribution < 1.29 is 19.4 Å². The van der Waals surface area contributed by atoms with Gasteiger partial charge in [-0.25, -0.2) is 4.79 Å². The standard InChI is InChI=1S/C15H17NO4/c1-2-7-16-12(17)8-20-14-11(15(18)19)6-5-10(13(14)16)9-3-4-9/h5-6,9H,2-4,7-8H2,1H3,(H,18,19). The Kier molecular flexibility index (Phi) is 3.12. The molecule has 1 heterocycles. The molecule has 0 saturated heterocycles. The fourth-order valence-electron chi connectivity index (χ4n) is 2.70. The summed E-state index contributed by atoms with van der Waals surface area (Å²) in [5, 5.41) is 9.28. The van der Waals surface area contributed by atoms with E-state index in [0.29, 0.717) is 23.9 Å². The number of benzene rings is 1. The summed E-state index contributed by atoms with van der Waals surface area (Å²) < 4.78 is 5.45. The number of carbonyl (C=O) groups excluding carboxylic acids is 1. The molecular weight excluding hydrogens is 258 g/mol. The van der Waals surface area contributed by atoms with Crippen LogP contribution in [0.3, 0.4) is 0 Å². The Morgan fingerprint density at radius 3 is 2.80 bits per heavy atom. The average Bonchev–Trinajstić information content (AvgIpc) is 3.25. The fraction of sp³-hybridized carbons (Fsp3) is 0.467. The molecule has 1 aliphatic heterocycles. The van der Waals surface area contributed by atoms with E-state index in [1.165, 1.54) is 0 Å². The van der Waals surface area contributed by atoms with E-state index >= 15 is 0 Å². The van der Waals surface area contributed by atoms with Gasteiger partial charge in [-0.2, -0.15) is 0 Å². The van der Waals surface area contributed by atoms with Crippen molar-refractivity contribution in [2.45, 2.75) is 32.1 Å². The number of nitrogens with zero attached hydrogens (tertiary/aromatic N) is 1. The van der Waals surface area contributed by atoms with Crippen LogP contribution in [0.2, 0.25) is 0 Å². The lowest BCUT2D eigenvalue weighted by molar-refractivity contribution is -0.121. The molecule has 2 aliphatic rings. The molecule has 1 aliphatic carbocycles. The van der Waals surface area contributed by atoms with Crippen LogP contribution in [-0.2, 0) is 4.79 Å². The number of anilines is 1. The van der Waals surface area contributed by atoms with Gasteiger partial charge in [0.15, 0.2) is 12.4 Å². The summed E-state index contributed by atoms with van der Waals surface area (Å²) in [6.45, 7) is 2.51. The first-order chi connectivity index (χ1) is 9.63. The van der Waals surface area contributed by atoms with Crippen LogP contribution in [0.15, 0.2) is 12.1 Å². The Hall–Kier alpha value is -2.04. The van der Waals surface area contributed by atoms with Crippen molar-refractivity contribution in [2.75, 3.05) is 18.1 Å². The third kappa shape index (κ3) is 2.03. The zero-order valence-electron chi connectivity index (χ0n) is 11.4. The van der Waals surface area contributed by atoms with Gasteiger partial charge < -0.3 is 14.7 Å². The zero-order valence-corrected chi connectivity index (χ0v) is 11.4. The number of fused-ring (bicyclic) bond motifs is 1. The van der Waals surface area contributed by atoms with Gasteiger partial charge >= 0.3 is 5.97 Å². The summed E-state index contributed by atoms with van der Waals surface area (Å²) in [5.41, 5.74) is 1.87. The third-order valence-corrected chi connectivity index (χ3v) is 3.77. The van der Waals surface area contributed by atoms with Crippen molar-refractivity contribution in [3.05, 3.63) is 23.3 Å². The van der Waals surface area contributed by atoms with Gasteiger partial charge in [0.1, 0.15) is 5.56 Å². The largest absolute Gasteiger partial charge is 0.481 e. The van der Waals surface area contributed by atoms with Crippen molar-refractivity contribution in [2.24, 2.45) is 0 Å². The molecule has 5 nitrogen and oxygen atoms in total. The summed E-state index contributed by atoms with van der Waals surface area (Å²) in [4.78, 5) is 25.1. The second-order valence-electron chi connectivity index (χ2n) is 5.29. The van der Waals surface area contributed by atoms with E-state index in [1.54, 1.807) is 11.0 Å². The number of carboxylic acid groups (broad SMARTS) is 1. The topological polar surface area (TPSA) is 66.8 Å². The Morgan fingerprint density at radius 2 is 2.20 bits per heavy atom. The van der Waals surface area contributed by atoms with E-state index in [-0.39, 0.29) is 18.1 Å². The summed E-state index contributed by atoms with van der Waals surface area (Å²) in [6, 6.07) is 3.43. The highest BCUT2D eigenvalue weighted by atomic mass is 16.5. The first kappa shape index (κ1) is 13.0. The van der Waals surface area contributed by atoms with Crippen LogP contribution in [0.25, 0.3) is 0 Å². The molecule has 1 amide bonds. The number of carboxylic acids is 1. The van der Waals surface area contributed by atoms with Crippen molar-refractivity contribution >= 4 is 17.6 Å². The Bertz CT molecular complexity index is 577. The molecular formula is C15H17NO4. The molecule has 20 heavy (non-hydrogen) atoms. The number of rotatable bonds is 4. The maximum Gasteiger partial charge on any atom is 0.339 e. The maximum absolute atomic E-state index is 12.1. The molecule has 0 atom stereocenters. The minimum absolute atomic E-state index is 0.0819. The highest BCUT2D eigenvalue weighted by molar-refractivity contribution is 6.03. The number of hydrogen-bond acceptors (Lipinski definition) is 3. The van der Waals surface area contributed by atoms with Gasteiger partial charge in [0, 0.05) is 6.54 Å². The molecule has 0 bridgehead atoms. The normalized spacial score (nSPS) is 17.6. The van der Waals surface area contributed by atoms with E-state index in [2.05, 4.69) is 0 Å². The molecule has 1 aromatic rings. The quantitative estimate of drug-likeness (QED) is 0.916. The van der Waals surface area contributed by atoms with Crippen LogP contribution < -0.4 is 9.64 Å². The van der Waals surface area contributed by atoms with Crippen LogP contribution in [0.4, 0.5) is 5.69 Å². The molecule has 3 rings (SSSR count). The average molecular weight is 275 g/mol. The van der Waals surface area contributed by atoms with E-state index in [0.717, 1.165) is 24.8 Å². The SMILES string of the molecule is CCCN1C(=O)COc2c(C(=O)O)ccc(C3CC3)c21. The summed E-state index contributed by atoms with van der Waals surface area (Å²) >= 11 is 0. The molecule has 0 aromatic heterocycles. The predicted octanol–water partition coefficient (Wildman–Crippen LogP) is 2.40. The highest BCUT2D eigenvalue weighted by Gasteiger charge is 2.36. The lowest BCUT2D eigenvalue weighted by atomic mass is 10.0. The number of carbonyl (C=O) groups is 2. The Labute approximate surface area is 117 Å². The van der Waals surface area contributed by atoms with Crippen LogP contribution >= 0.6 is 0 Å². The number of hydrogen-bond donors (Lipinski definition) is 1. The van der Waals surface area contributed by atoms with Gasteiger partial charge in [-0.1, -0.05) is 13.0 Å². The lowest BCUT2D eigenvalue weighted by Gasteiger charge is -2.32. The summed E-state index contributed by atoms with van der Waals surface area (Å²) in [7, 11) is 0. The van der Waals surface area contributed by atoms with Gasteiger partial charge in [0.2, 0.25) is 0 Å². The molecule has 1 aromatic carbocycles. The van der Waals surface area contributed by atoms with Crippen LogP contribution in [0.1, 0.15) is 48.0 Å². The minimum Gasteiger partial charge on any atom is -0.481 e. The molecule has 106 valence electrons. The Balaban J connectivity index is 2.17. The lowest BCUT2D eigenvalue weighted by Crippen LogP contribution is -2.40. The Morgan fingerprint density at radius 1 is 1.45 bits per heavy atom. The molecule has 0 spiro atoms. The van der Waals surface area contributed by atoms with E-state index in [9.17, 15) is 14.7 Å². The fourth-order valence-corrected chi connectivity index (χ4v) is 2.70. The molecule has 5 heteroatoms. The molecule has 1 fully saturated rings. The van der Waals surface area contributed by atoms with Gasteiger partial charge in [-0.15, -0.1) is 0 Å². The van der Waals surface area contributed by atoms with Crippen molar-refractivity contribution in [1.82, 2.24) is 0 Å². The van der Waals surface area contributed by atoms with Gasteiger partial charge in [-0.3, -0.25) is 4.79 Å². The molecule has 0 radical (unpaired) electrons. The van der Waals surface area contributed by atoms with Crippen LogP contribution in [-0.4, -0.2) is 30.1 Å². The van der Waals surface area contributed by atoms with Crippen LogP contribution in [0, 0.1) is 0 Å². The van der Waals surface area contributed by atoms with Gasteiger partial charge in [0.25, 0.3) is 5.91 Å². The first-order valence-electron chi connectivity index (χ1n) is 6.96. The molecule has 0 unspecified atom stereocenters. The number of ether oxygens (including phenoxy) is 1. The van der Waals surface area contributed by atoms with Gasteiger partial charge in [-0.05, 0) is 36.8 Å². The number of amides is 1. The summed E-state index contributed by atoms with van der Waals surface area (Å²) in [6.07, 6.45) is 3.01. The second-order valence-corrected chi connectivity index (χ2v) is 5.29. The van der Waals surface area contributed by atoms with E-state index < -0.39 is 5.97 Å². The second kappa shape index (κ2) is 4.81. The van der Waals surface area contributed by atoms with Crippen LogP contribution in [0.5, 0.6) is 5.75 Å². The minimum atomic E-state index is -1.02. The van der Waals surface area contributed by atoms with Crippen molar-refractivity contribution in [1.29, 1.82) is 0 Å². The summed E-state index contributed by atoms with van der Waals surface area (Å²) in [5.74, 6) is -0.325. The third-order valence-electron chi connectivity index (χ3n) is 3.77. The van der Waals surface area contributed by atoms with E-state index in [1.807, 2.05) is 13.0 Å². The monoisotopic (exact) mass is 275 g/mol. The zero-order chi connectivity index (χ0) is 14.3. The maximum atomic E-state index is 12.1. The molecule has 1 N–H and O–H groups in total. The molecule has 1 saturated carbocycles. The highest BCUT2D eigenvalue weighted by Crippen LogP contribution is 2.49. The number of aromatic carboxylic acids is 1. The smallest absolute Gasteiger partial charge is 0.339 e. The van der Waals surface area contributed by atoms with Crippen molar-refractivity contribution in [3.63, 3.8) is 0 Å². The van der Waals surface area contributed by atoms with Gasteiger partial charge in [0.05, 0.1) is 5.69 Å². The predicted molar refractivity (Wildman–Crippen MR) is 73.5 cm³/mol. The van der Waals surface area contributed by atoms with Crippen molar-refractivity contribution in [3.8, 4) is 5.75 Å². The van der Waals surface area contributed by atoms with E-state index in [4.69, 9.17) is 4.74 Å².